The number of carbonyl (C=O) groups is 1. The van der Waals surface area contributed by atoms with Gasteiger partial charge in [-0.1, -0.05) is 12.1 Å². The molecule has 2 aromatic rings. The molecular weight excluding hydrogens is 180 g/mol. The highest BCUT2D eigenvalue weighted by molar-refractivity contribution is 6.00. The van der Waals surface area contributed by atoms with Crippen LogP contribution in [0.2, 0.25) is 0 Å². The van der Waals surface area contributed by atoms with E-state index < -0.39 is 0 Å². The average molecular weight is 190 g/mol. The molecule has 0 spiro atoms. The summed E-state index contributed by atoms with van der Waals surface area (Å²) in [5.74, 6) is 0.282. The second-order valence-corrected chi connectivity index (χ2v) is 3.07. The molecule has 3 heteroatoms. The first-order valence-corrected chi connectivity index (χ1v) is 4.29. The predicted octanol–water partition coefficient (Wildman–Crippen LogP) is 2.56. The fraction of sp³-hybridized carbons (Fsp3) is 0.182. The summed E-state index contributed by atoms with van der Waals surface area (Å²) in [6.07, 6.45) is 0.762. The predicted molar refractivity (Wildman–Crippen MR) is 52.9 cm³/mol. The molecule has 2 rings (SSSR count). The van der Waals surface area contributed by atoms with E-state index in [4.69, 9.17) is 9.15 Å². The maximum absolute atomic E-state index is 10.9. The molecule has 0 fully saturated rings. The highest BCUT2D eigenvalue weighted by Crippen LogP contribution is 2.32. The Labute approximate surface area is 81.3 Å². The quantitative estimate of drug-likeness (QED) is 0.683. The first kappa shape index (κ1) is 8.81. The Morgan fingerprint density at radius 3 is 2.86 bits per heavy atom. The Morgan fingerprint density at radius 1 is 1.43 bits per heavy atom. The second-order valence-electron chi connectivity index (χ2n) is 3.07. The summed E-state index contributed by atoms with van der Waals surface area (Å²) < 4.78 is 10.3. The maximum atomic E-state index is 10.9. The number of aryl methyl sites for hydroxylation is 1. The van der Waals surface area contributed by atoms with Crippen LogP contribution in [0.4, 0.5) is 0 Å². The molecule has 0 amide bonds. The number of ether oxygens (including phenoxy) is 1. The first-order chi connectivity index (χ1) is 6.77. The van der Waals surface area contributed by atoms with Crippen LogP contribution in [0.25, 0.3) is 11.0 Å². The number of methoxy groups -OCH3 is 1. The Balaban J connectivity index is 2.88. The summed E-state index contributed by atoms with van der Waals surface area (Å²) in [4.78, 5) is 10.9. The van der Waals surface area contributed by atoms with Gasteiger partial charge in [0.25, 0.3) is 5.95 Å². The van der Waals surface area contributed by atoms with Crippen LogP contribution in [0.15, 0.2) is 22.6 Å². The Hall–Kier alpha value is -1.77. The second kappa shape index (κ2) is 3.18. The number of carbonyl (C=O) groups excluding carboxylic acids is 1. The molecular formula is C11H10O3. The lowest BCUT2D eigenvalue weighted by molar-refractivity contribution is 0.111. The molecule has 1 aromatic heterocycles. The van der Waals surface area contributed by atoms with Gasteiger partial charge in [-0.25, -0.2) is 0 Å². The summed E-state index contributed by atoms with van der Waals surface area (Å²) in [5, 5.41) is 0.833. The summed E-state index contributed by atoms with van der Waals surface area (Å²) in [5.41, 5.74) is 2.18. The molecule has 1 heterocycles. The van der Waals surface area contributed by atoms with Crippen molar-refractivity contribution in [3.05, 3.63) is 29.3 Å². The van der Waals surface area contributed by atoms with Gasteiger partial charge < -0.3 is 9.15 Å². The topological polar surface area (TPSA) is 39.4 Å². The molecule has 0 saturated carbocycles. The highest BCUT2D eigenvalue weighted by atomic mass is 16.6. The number of hydrogen-bond acceptors (Lipinski definition) is 3. The van der Waals surface area contributed by atoms with E-state index in [0.717, 1.165) is 17.2 Å². The van der Waals surface area contributed by atoms with Gasteiger partial charge in [0.1, 0.15) is 11.1 Å². The van der Waals surface area contributed by atoms with E-state index in [1.807, 2.05) is 25.1 Å². The molecule has 14 heavy (non-hydrogen) atoms. The van der Waals surface area contributed by atoms with Crippen molar-refractivity contribution in [2.24, 2.45) is 0 Å². The number of aldehydes is 1. The van der Waals surface area contributed by atoms with Crippen molar-refractivity contribution in [1.29, 1.82) is 0 Å². The van der Waals surface area contributed by atoms with E-state index in [0.29, 0.717) is 11.1 Å². The van der Waals surface area contributed by atoms with E-state index in [2.05, 4.69) is 0 Å². The van der Waals surface area contributed by atoms with Crippen LogP contribution >= 0.6 is 0 Å². The molecule has 0 bridgehead atoms. The molecule has 0 aliphatic rings. The molecule has 0 aliphatic heterocycles. The van der Waals surface area contributed by atoms with Crippen molar-refractivity contribution in [2.45, 2.75) is 6.92 Å². The van der Waals surface area contributed by atoms with Crippen LogP contribution in [0.5, 0.6) is 5.95 Å². The minimum Gasteiger partial charge on any atom is -0.468 e. The van der Waals surface area contributed by atoms with Crippen LogP contribution in [0, 0.1) is 6.92 Å². The lowest BCUT2D eigenvalue weighted by Crippen LogP contribution is -1.86. The normalized spacial score (nSPS) is 10.4. The molecule has 0 aliphatic carbocycles. The zero-order chi connectivity index (χ0) is 10.1. The number of benzene rings is 1. The number of hydrogen-bond donors (Lipinski definition) is 0. The third-order valence-electron chi connectivity index (χ3n) is 2.23. The molecule has 1 aromatic carbocycles. The number of fused-ring (bicyclic) bond motifs is 1. The SMILES string of the molecule is COc1oc2cccc(C)c2c1C=O. The van der Waals surface area contributed by atoms with E-state index >= 15 is 0 Å². The van der Waals surface area contributed by atoms with Crippen molar-refractivity contribution < 1.29 is 13.9 Å². The molecule has 0 atom stereocenters. The lowest BCUT2D eigenvalue weighted by atomic mass is 10.1. The van der Waals surface area contributed by atoms with Gasteiger partial charge in [-0.3, -0.25) is 4.79 Å². The molecule has 0 saturated heterocycles. The smallest absolute Gasteiger partial charge is 0.296 e. The van der Waals surface area contributed by atoms with Crippen LogP contribution in [-0.4, -0.2) is 13.4 Å². The average Bonchev–Trinajstić information content (AvgIpc) is 2.56. The van der Waals surface area contributed by atoms with Crippen molar-refractivity contribution in [1.82, 2.24) is 0 Å². The van der Waals surface area contributed by atoms with E-state index in [1.54, 1.807) is 0 Å². The largest absolute Gasteiger partial charge is 0.468 e. The van der Waals surface area contributed by atoms with Crippen molar-refractivity contribution >= 4 is 17.3 Å². The minimum absolute atomic E-state index is 0.282. The Morgan fingerprint density at radius 2 is 2.21 bits per heavy atom. The number of furan rings is 1. The van der Waals surface area contributed by atoms with Crippen molar-refractivity contribution in [3.63, 3.8) is 0 Å². The van der Waals surface area contributed by atoms with Gasteiger partial charge in [0.05, 0.1) is 7.11 Å². The zero-order valence-electron chi connectivity index (χ0n) is 8.03. The van der Waals surface area contributed by atoms with Gasteiger partial charge in [0, 0.05) is 5.39 Å². The van der Waals surface area contributed by atoms with Gasteiger partial charge in [-0.2, -0.15) is 0 Å². The molecule has 0 unspecified atom stereocenters. The fourth-order valence-corrected chi connectivity index (χ4v) is 1.59. The van der Waals surface area contributed by atoms with Gasteiger partial charge >= 0.3 is 0 Å². The van der Waals surface area contributed by atoms with Crippen molar-refractivity contribution in [2.75, 3.05) is 7.11 Å². The summed E-state index contributed by atoms with van der Waals surface area (Å²) >= 11 is 0. The van der Waals surface area contributed by atoms with Crippen molar-refractivity contribution in [3.8, 4) is 5.95 Å². The summed E-state index contributed by atoms with van der Waals surface area (Å²) in [6, 6.07) is 5.64. The van der Waals surface area contributed by atoms with Crippen LogP contribution in [0.3, 0.4) is 0 Å². The van der Waals surface area contributed by atoms with E-state index in [-0.39, 0.29) is 5.95 Å². The Kier molecular flexibility index (Phi) is 2.00. The third kappa shape index (κ3) is 1.09. The van der Waals surface area contributed by atoms with Gasteiger partial charge in [-0.05, 0) is 18.6 Å². The molecule has 0 N–H and O–H groups in total. The lowest BCUT2D eigenvalue weighted by Gasteiger charge is -1.93. The first-order valence-electron chi connectivity index (χ1n) is 4.29. The van der Waals surface area contributed by atoms with Crippen LogP contribution < -0.4 is 4.74 Å². The van der Waals surface area contributed by atoms with Gasteiger partial charge in [-0.15, -0.1) is 0 Å². The third-order valence-corrected chi connectivity index (χ3v) is 2.23. The Bertz CT molecular complexity index is 482. The van der Waals surface area contributed by atoms with Gasteiger partial charge in [0.2, 0.25) is 0 Å². The minimum atomic E-state index is 0.282. The number of rotatable bonds is 2. The highest BCUT2D eigenvalue weighted by Gasteiger charge is 2.15. The summed E-state index contributed by atoms with van der Waals surface area (Å²) in [6.45, 7) is 1.93. The molecule has 0 radical (unpaired) electrons. The van der Waals surface area contributed by atoms with Crippen LogP contribution in [0.1, 0.15) is 15.9 Å². The van der Waals surface area contributed by atoms with E-state index in [9.17, 15) is 4.79 Å². The van der Waals surface area contributed by atoms with E-state index in [1.165, 1.54) is 7.11 Å². The zero-order valence-corrected chi connectivity index (χ0v) is 8.03. The van der Waals surface area contributed by atoms with Gasteiger partial charge in [0.15, 0.2) is 6.29 Å². The fourth-order valence-electron chi connectivity index (χ4n) is 1.59. The molecule has 72 valence electrons. The molecule has 3 nitrogen and oxygen atoms in total. The van der Waals surface area contributed by atoms with Crippen LogP contribution in [-0.2, 0) is 0 Å². The maximum Gasteiger partial charge on any atom is 0.296 e. The summed E-state index contributed by atoms with van der Waals surface area (Å²) in [7, 11) is 1.49. The standard InChI is InChI=1S/C11H10O3/c1-7-4-3-5-9-10(7)8(6-12)11(13-2)14-9/h3-6H,1-2H3. The monoisotopic (exact) mass is 190 g/mol.